The fraction of sp³-hybridized carbons (Fsp3) is 0.533. The van der Waals surface area contributed by atoms with E-state index in [4.69, 9.17) is 22.7 Å². The molecule has 110 valence electrons. The molecule has 1 aliphatic rings. The van der Waals surface area contributed by atoms with E-state index in [2.05, 4.69) is 43.9 Å². The molecule has 0 aromatic heterocycles. The molecule has 0 atom stereocenters. The molecule has 20 heavy (non-hydrogen) atoms. The third-order valence-corrected chi connectivity index (χ3v) is 4.63. The second-order valence-corrected chi connectivity index (χ2v) is 7.21. The smallest absolute Gasteiger partial charge is 0.107 e. The number of anilines is 1. The molecule has 0 amide bonds. The Morgan fingerprint density at radius 3 is 2.85 bits per heavy atom. The number of nitrogens with two attached hydrogens (primary N) is 1. The van der Waals surface area contributed by atoms with Gasteiger partial charge in [0.2, 0.25) is 0 Å². The van der Waals surface area contributed by atoms with Gasteiger partial charge in [0.1, 0.15) is 4.99 Å². The highest BCUT2D eigenvalue weighted by molar-refractivity contribution is 7.99. The highest BCUT2D eigenvalue weighted by Crippen LogP contribution is 2.35. The molecule has 1 aromatic rings. The molecule has 5 heteroatoms. The summed E-state index contributed by atoms with van der Waals surface area (Å²) < 4.78 is 5.60. The fourth-order valence-electron chi connectivity index (χ4n) is 2.57. The van der Waals surface area contributed by atoms with E-state index in [1.807, 2.05) is 0 Å². The summed E-state index contributed by atoms with van der Waals surface area (Å²) in [7, 11) is 0. The zero-order valence-corrected chi connectivity index (χ0v) is 13.9. The standard InChI is InChI=1S/C15H22N2OS2/c1-4-20-12-7-5-6-11(13(12)14(16)19)17-8-9-18-10-15(17,2)3/h5-7H,4,8-10H2,1-3H3,(H2,16,19). The molecule has 1 heterocycles. The molecule has 1 aromatic carbocycles. The lowest BCUT2D eigenvalue weighted by Gasteiger charge is -2.44. The van der Waals surface area contributed by atoms with Gasteiger partial charge in [0.25, 0.3) is 0 Å². The van der Waals surface area contributed by atoms with Gasteiger partial charge in [-0.15, -0.1) is 11.8 Å². The van der Waals surface area contributed by atoms with Crippen LogP contribution in [-0.4, -0.2) is 36.0 Å². The van der Waals surface area contributed by atoms with Crippen LogP contribution in [0.2, 0.25) is 0 Å². The Morgan fingerprint density at radius 2 is 2.25 bits per heavy atom. The summed E-state index contributed by atoms with van der Waals surface area (Å²) in [5.74, 6) is 1.01. The number of hydrogen-bond donors (Lipinski definition) is 1. The predicted octanol–water partition coefficient (Wildman–Crippen LogP) is 3.05. The number of morpholine rings is 1. The van der Waals surface area contributed by atoms with E-state index in [9.17, 15) is 0 Å². The second-order valence-electron chi connectivity index (χ2n) is 5.46. The lowest BCUT2D eigenvalue weighted by molar-refractivity contribution is 0.0643. The maximum Gasteiger partial charge on any atom is 0.107 e. The first-order valence-corrected chi connectivity index (χ1v) is 8.27. The summed E-state index contributed by atoms with van der Waals surface area (Å²) in [5.41, 5.74) is 8.09. The topological polar surface area (TPSA) is 38.5 Å². The van der Waals surface area contributed by atoms with Crippen LogP contribution in [0.25, 0.3) is 0 Å². The van der Waals surface area contributed by atoms with Crippen molar-refractivity contribution in [2.45, 2.75) is 31.2 Å². The minimum atomic E-state index is -0.0483. The average Bonchev–Trinajstić information content (AvgIpc) is 2.38. The minimum absolute atomic E-state index is 0.0483. The molecule has 0 radical (unpaired) electrons. The van der Waals surface area contributed by atoms with Crippen LogP contribution in [-0.2, 0) is 4.74 Å². The van der Waals surface area contributed by atoms with Crippen molar-refractivity contribution in [2.24, 2.45) is 5.73 Å². The maximum absolute atomic E-state index is 6.00. The molecule has 1 aliphatic heterocycles. The van der Waals surface area contributed by atoms with Crippen molar-refractivity contribution in [1.82, 2.24) is 0 Å². The summed E-state index contributed by atoms with van der Waals surface area (Å²) in [6.45, 7) is 8.84. The van der Waals surface area contributed by atoms with Crippen LogP contribution in [0.4, 0.5) is 5.69 Å². The van der Waals surface area contributed by atoms with Crippen LogP contribution < -0.4 is 10.6 Å². The van der Waals surface area contributed by atoms with Crippen molar-refractivity contribution in [2.75, 3.05) is 30.4 Å². The molecule has 3 nitrogen and oxygen atoms in total. The zero-order chi connectivity index (χ0) is 14.8. The fourth-order valence-corrected chi connectivity index (χ4v) is 3.70. The number of benzene rings is 1. The van der Waals surface area contributed by atoms with E-state index in [1.54, 1.807) is 11.8 Å². The molecule has 2 rings (SSSR count). The Bertz CT molecular complexity index is 503. The van der Waals surface area contributed by atoms with Gasteiger partial charge in [-0.3, -0.25) is 0 Å². The van der Waals surface area contributed by atoms with Gasteiger partial charge in [-0.05, 0) is 31.7 Å². The average molecular weight is 310 g/mol. The first-order valence-electron chi connectivity index (χ1n) is 6.88. The maximum atomic E-state index is 6.00. The summed E-state index contributed by atoms with van der Waals surface area (Å²) in [6.07, 6.45) is 0. The quantitative estimate of drug-likeness (QED) is 0.683. The molecule has 0 spiro atoms. The van der Waals surface area contributed by atoms with Crippen LogP contribution in [0.3, 0.4) is 0 Å². The summed E-state index contributed by atoms with van der Waals surface area (Å²) >= 11 is 7.09. The number of hydrogen-bond acceptors (Lipinski definition) is 4. The Kier molecular flexibility index (Phi) is 4.94. The van der Waals surface area contributed by atoms with Crippen LogP contribution in [0.1, 0.15) is 26.3 Å². The van der Waals surface area contributed by atoms with Crippen molar-refractivity contribution < 1.29 is 4.74 Å². The minimum Gasteiger partial charge on any atom is -0.389 e. The molecule has 0 saturated carbocycles. The van der Waals surface area contributed by atoms with Crippen LogP contribution in [0.5, 0.6) is 0 Å². The van der Waals surface area contributed by atoms with Gasteiger partial charge in [-0.25, -0.2) is 0 Å². The van der Waals surface area contributed by atoms with E-state index in [0.717, 1.165) is 36.8 Å². The van der Waals surface area contributed by atoms with Gasteiger partial charge < -0.3 is 15.4 Å². The van der Waals surface area contributed by atoms with Gasteiger partial charge in [0, 0.05) is 22.7 Å². The Hall–Kier alpha value is -0.780. The summed E-state index contributed by atoms with van der Waals surface area (Å²) in [6, 6.07) is 6.29. The zero-order valence-electron chi connectivity index (χ0n) is 12.3. The molecule has 2 N–H and O–H groups in total. The number of thiocarbonyl (C=S) groups is 1. The lowest BCUT2D eigenvalue weighted by Crippen LogP contribution is -2.53. The molecular weight excluding hydrogens is 288 g/mol. The van der Waals surface area contributed by atoms with Crippen LogP contribution >= 0.6 is 24.0 Å². The Morgan fingerprint density at radius 1 is 1.50 bits per heavy atom. The van der Waals surface area contributed by atoms with Crippen molar-refractivity contribution in [3.8, 4) is 0 Å². The lowest BCUT2D eigenvalue weighted by atomic mass is 9.99. The Labute approximate surface area is 130 Å². The number of nitrogens with zero attached hydrogens (tertiary/aromatic N) is 1. The first-order chi connectivity index (χ1) is 9.47. The van der Waals surface area contributed by atoms with Crippen molar-refractivity contribution in [3.63, 3.8) is 0 Å². The largest absolute Gasteiger partial charge is 0.389 e. The molecule has 0 bridgehead atoms. The van der Waals surface area contributed by atoms with Crippen molar-refractivity contribution in [1.29, 1.82) is 0 Å². The summed E-state index contributed by atoms with van der Waals surface area (Å²) in [4.78, 5) is 4.00. The van der Waals surface area contributed by atoms with E-state index in [1.165, 1.54) is 4.90 Å². The Balaban J connectivity index is 2.50. The number of ether oxygens (including phenoxy) is 1. The van der Waals surface area contributed by atoms with E-state index in [-0.39, 0.29) is 5.54 Å². The van der Waals surface area contributed by atoms with Crippen molar-refractivity contribution in [3.05, 3.63) is 23.8 Å². The molecule has 0 unspecified atom stereocenters. The molecule has 1 fully saturated rings. The van der Waals surface area contributed by atoms with E-state index < -0.39 is 0 Å². The highest BCUT2D eigenvalue weighted by atomic mass is 32.2. The van der Waals surface area contributed by atoms with Crippen LogP contribution in [0.15, 0.2) is 23.1 Å². The first kappa shape index (κ1) is 15.6. The highest BCUT2D eigenvalue weighted by Gasteiger charge is 2.32. The van der Waals surface area contributed by atoms with Gasteiger partial charge in [-0.2, -0.15) is 0 Å². The number of thioether (sulfide) groups is 1. The van der Waals surface area contributed by atoms with Gasteiger partial charge in [0.05, 0.1) is 18.8 Å². The SMILES string of the molecule is CCSc1cccc(N2CCOCC2(C)C)c1C(N)=S. The van der Waals surface area contributed by atoms with Crippen LogP contribution in [0, 0.1) is 0 Å². The third-order valence-electron chi connectivity index (χ3n) is 3.49. The van der Waals surface area contributed by atoms with E-state index >= 15 is 0 Å². The second kappa shape index (κ2) is 6.33. The monoisotopic (exact) mass is 310 g/mol. The molecule has 1 saturated heterocycles. The van der Waals surface area contributed by atoms with Gasteiger partial charge in [0.15, 0.2) is 0 Å². The van der Waals surface area contributed by atoms with Gasteiger partial charge in [-0.1, -0.05) is 25.2 Å². The summed E-state index contributed by atoms with van der Waals surface area (Å²) in [5, 5.41) is 0. The van der Waals surface area contributed by atoms with E-state index in [0.29, 0.717) is 4.99 Å². The predicted molar refractivity (Wildman–Crippen MR) is 91.0 cm³/mol. The molecule has 0 aliphatic carbocycles. The van der Waals surface area contributed by atoms with Gasteiger partial charge >= 0.3 is 0 Å². The number of rotatable bonds is 4. The third kappa shape index (κ3) is 3.10. The normalized spacial score (nSPS) is 18.1. The molecular formula is C15H22N2OS2. The van der Waals surface area contributed by atoms with Crippen molar-refractivity contribution >= 4 is 34.7 Å².